The Hall–Kier alpha value is -2.00. The molecule has 25 heavy (non-hydrogen) atoms. The summed E-state index contributed by atoms with van der Waals surface area (Å²) in [4.78, 5) is 12.3. The van der Waals surface area contributed by atoms with Gasteiger partial charge in [0.25, 0.3) is 0 Å². The molecule has 0 saturated heterocycles. The summed E-state index contributed by atoms with van der Waals surface area (Å²) in [6.07, 6.45) is 0. The molecule has 1 aliphatic heterocycles. The van der Waals surface area contributed by atoms with E-state index in [1.165, 1.54) is 23.1 Å². The van der Waals surface area contributed by atoms with Gasteiger partial charge in [-0.25, -0.2) is 0 Å². The highest BCUT2D eigenvalue weighted by Gasteiger charge is 2.21. The minimum Gasteiger partial charge on any atom is -0.486 e. The van der Waals surface area contributed by atoms with E-state index in [0.717, 1.165) is 17.1 Å². The summed E-state index contributed by atoms with van der Waals surface area (Å²) >= 11 is 2.60. The van der Waals surface area contributed by atoms with Crippen molar-refractivity contribution in [3.63, 3.8) is 0 Å². The van der Waals surface area contributed by atoms with Crippen LogP contribution < -0.4 is 20.5 Å². The summed E-state index contributed by atoms with van der Waals surface area (Å²) in [7, 11) is 0. The standard InChI is InChI=1S/C16H20N4O3S2/c1-9(2)14(10-3-4-11-12(7-10)23-6-5-22-11)18-13(21)8-24-16-20-19-15(17)25-16/h3-4,7,9,14H,5-6,8H2,1-2H3,(H2,17,19)(H,18,21)/t14-/m1/s1. The van der Waals surface area contributed by atoms with Crippen LogP contribution in [0.25, 0.3) is 0 Å². The number of nitrogen functional groups attached to an aromatic ring is 1. The normalized spacial score (nSPS) is 14.4. The van der Waals surface area contributed by atoms with Crippen molar-refractivity contribution >= 4 is 34.1 Å². The van der Waals surface area contributed by atoms with Crippen molar-refractivity contribution in [1.82, 2.24) is 15.5 Å². The molecule has 1 amide bonds. The third-order valence-corrected chi connectivity index (χ3v) is 5.54. The lowest BCUT2D eigenvalue weighted by Crippen LogP contribution is -2.33. The predicted molar refractivity (Wildman–Crippen MR) is 98.2 cm³/mol. The first-order valence-corrected chi connectivity index (χ1v) is 9.74. The lowest BCUT2D eigenvalue weighted by molar-refractivity contribution is -0.119. The van der Waals surface area contributed by atoms with E-state index in [-0.39, 0.29) is 23.6 Å². The fourth-order valence-electron chi connectivity index (χ4n) is 2.51. The van der Waals surface area contributed by atoms with Crippen LogP contribution in [0.2, 0.25) is 0 Å². The van der Waals surface area contributed by atoms with Crippen molar-refractivity contribution in [2.24, 2.45) is 5.92 Å². The maximum Gasteiger partial charge on any atom is 0.230 e. The molecule has 1 aromatic heterocycles. The molecule has 1 atom stereocenters. The van der Waals surface area contributed by atoms with Crippen LogP contribution in [-0.2, 0) is 4.79 Å². The maximum absolute atomic E-state index is 12.3. The van der Waals surface area contributed by atoms with Gasteiger partial charge in [-0.1, -0.05) is 43.0 Å². The number of amides is 1. The zero-order chi connectivity index (χ0) is 17.8. The van der Waals surface area contributed by atoms with Gasteiger partial charge in [-0.3, -0.25) is 4.79 Å². The summed E-state index contributed by atoms with van der Waals surface area (Å²) in [5.74, 6) is 1.90. The Balaban J connectivity index is 1.65. The van der Waals surface area contributed by atoms with Crippen molar-refractivity contribution in [2.75, 3.05) is 24.7 Å². The van der Waals surface area contributed by atoms with Gasteiger partial charge >= 0.3 is 0 Å². The number of nitrogens with one attached hydrogen (secondary N) is 1. The number of carbonyl (C=O) groups excluding carboxylic acids is 1. The molecule has 2 aromatic rings. The van der Waals surface area contributed by atoms with E-state index in [2.05, 4.69) is 29.4 Å². The van der Waals surface area contributed by atoms with E-state index in [9.17, 15) is 4.79 Å². The molecular formula is C16H20N4O3S2. The second-order valence-electron chi connectivity index (χ2n) is 5.89. The summed E-state index contributed by atoms with van der Waals surface area (Å²) < 4.78 is 11.9. The van der Waals surface area contributed by atoms with E-state index in [4.69, 9.17) is 15.2 Å². The Morgan fingerprint density at radius 1 is 1.32 bits per heavy atom. The fourth-order valence-corrected chi connectivity index (χ4v) is 3.96. The lowest BCUT2D eigenvalue weighted by atomic mass is 9.95. The van der Waals surface area contributed by atoms with Crippen LogP contribution in [0, 0.1) is 5.92 Å². The van der Waals surface area contributed by atoms with Crippen LogP contribution in [0.15, 0.2) is 22.5 Å². The van der Waals surface area contributed by atoms with Gasteiger partial charge in [0.1, 0.15) is 13.2 Å². The lowest BCUT2D eigenvalue weighted by Gasteiger charge is -2.25. The average molecular weight is 380 g/mol. The molecule has 9 heteroatoms. The Morgan fingerprint density at radius 3 is 2.76 bits per heavy atom. The van der Waals surface area contributed by atoms with E-state index in [0.29, 0.717) is 22.7 Å². The first-order chi connectivity index (χ1) is 12.0. The molecule has 0 aliphatic carbocycles. The Morgan fingerprint density at radius 2 is 2.08 bits per heavy atom. The predicted octanol–water partition coefficient (Wildman–Crippen LogP) is 2.50. The number of nitrogens with zero attached hydrogens (tertiary/aromatic N) is 2. The highest BCUT2D eigenvalue weighted by atomic mass is 32.2. The quantitative estimate of drug-likeness (QED) is 0.743. The summed E-state index contributed by atoms with van der Waals surface area (Å²) in [6.45, 7) is 5.24. The van der Waals surface area contributed by atoms with Gasteiger partial charge in [0, 0.05) is 0 Å². The smallest absolute Gasteiger partial charge is 0.230 e. The topological polar surface area (TPSA) is 99.4 Å². The number of nitrogens with two attached hydrogens (primary N) is 1. The number of hydrogen-bond acceptors (Lipinski definition) is 8. The molecule has 0 radical (unpaired) electrons. The Bertz CT molecular complexity index is 751. The number of thioether (sulfide) groups is 1. The maximum atomic E-state index is 12.3. The third kappa shape index (κ3) is 4.55. The average Bonchev–Trinajstić information content (AvgIpc) is 3.02. The van der Waals surface area contributed by atoms with E-state index >= 15 is 0 Å². The van der Waals surface area contributed by atoms with Crippen LogP contribution in [0.4, 0.5) is 5.13 Å². The van der Waals surface area contributed by atoms with Crippen LogP contribution >= 0.6 is 23.1 Å². The zero-order valence-corrected chi connectivity index (χ0v) is 15.7. The number of ether oxygens (including phenoxy) is 2. The number of anilines is 1. The van der Waals surface area contributed by atoms with Crippen molar-refractivity contribution in [2.45, 2.75) is 24.2 Å². The Kier molecular flexibility index (Phi) is 5.64. The van der Waals surface area contributed by atoms with Crippen LogP contribution in [0.3, 0.4) is 0 Å². The van der Waals surface area contributed by atoms with E-state index in [1.54, 1.807) is 0 Å². The molecule has 3 N–H and O–H groups in total. The number of rotatable bonds is 6. The van der Waals surface area contributed by atoms with Gasteiger partial charge in [0.2, 0.25) is 11.0 Å². The number of aromatic nitrogens is 2. The number of benzene rings is 1. The molecule has 0 spiro atoms. The van der Waals surface area contributed by atoms with Crippen molar-refractivity contribution < 1.29 is 14.3 Å². The Labute approximate surface area is 154 Å². The summed E-state index contributed by atoms with van der Waals surface area (Å²) in [5, 5.41) is 11.1. The van der Waals surface area contributed by atoms with Gasteiger partial charge in [0.05, 0.1) is 11.8 Å². The van der Waals surface area contributed by atoms with Crippen molar-refractivity contribution in [3.8, 4) is 11.5 Å². The van der Waals surface area contributed by atoms with Crippen molar-refractivity contribution in [3.05, 3.63) is 23.8 Å². The van der Waals surface area contributed by atoms with Crippen LogP contribution in [0.1, 0.15) is 25.5 Å². The largest absolute Gasteiger partial charge is 0.486 e. The number of fused-ring (bicyclic) bond motifs is 1. The molecule has 134 valence electrons. The molecule has 0 bridgehead atoms. The monoisotopic (exact) mass is 380 g/mol. The first kappa shape index (κ1) is 17.8. The second-order valence-corrected chi connectivity index (χ2v) is 8.12. The molecule has 2 heterocycles. The molecule has 1 aliphatic rings. The third-order valence-electron chi connectivity index (χ3n) is 3.66. The second kappa shape index (κ2) is 7.92. The molecular weight excluding hydrogens is 360 g/mol. The van der Waals surface area contributed by atoms with Crippen molar-refractivity contribution in [1.29, 1.82) is 0 Å². The molecule has 1 aromatic carbocycles. The SMILES string of the molecule is CC(C)[C@@H](NC(=O)CSc1nnc(N)s1)c1ccc2c(c1)OCCO2. The van der Waals surface area contributed by atoms with Crippen LogP contribution in [0.5, 0.6) is 11.5 Å². The summed E-state index contributed by atoms with van der Waals surface area (Å²) in [6, 6.07) is 5.70. The highest BCUT2D eigenvalue weighted by molar-refractivity contribution is 8.01. The minimum atomic E-state index is -0.108. The minimum absolute atomic E-state index is 0.0626. The first-order valence-electron chi connectivity index (χ1n) is 7.93. The zero-order valence-electron chi connectivity index (χ0n) is 14.0. The van der Waals surface area contributed by atoms with Crippen LogP contribution in [-0.4, -0.2) is 35.1 Å². The fraction of sp³-hybridized carbons (Fsp3) is 0.438. The highest BCUT2D eigenvalue weighted by Crippen LogP contribution is 2.34. The van der Waals surface area contributed by atoms with Gasteiger partial charge in [-0.15, -0.1) is 10.2 Å². The number of carbonyl (C=O) groups is 1. The molecule has 0 fully saturated rings. The van der Waals surface area contributed by atoms with Gasteiger partial charge in [0.15, 0.2) is 15.8 Å². The molecule has 0 unspecified atom stereocenters. The van der Waals surface area contributed by atoms with Gasteiger partial charge in [-0.2, -0.15) is 0 Å². The molecule has 7 nitrogen and oxygen atoms in total. The number of hydrogen-bond donors (Lipinski definition) is 2. The summed E-state index contributed by atoms with van der Waals surface area (Å²) in [5.41, 5.74) is 6.54. The van der Waals surface area contributed by atoms with E-state index in [1.807, 2.05) is 18.2 Å². The molecule has 0 saturated carbocycles. The van der Waals surface area contributed by atoms with Gasteiger partial charge < -0.3 is 20.5 Å². The molecule has 3 rings (SSSR count). The van der Waals surface area contributed by atoms with E-state index < -0.39 is 0 Å². The van der Waals surface area contributed by atoms with Gasteiger partial charge in [-0.05, 0) is 23.6 Å².